The van der Waals surface area contributed by atoms with Gasteiger partial charge in [0.2, 0.25) is 5.91 Å². The van der Waals surface area contributed by atoms with Crippen LogP contribution in [-0.4, -0.2) is 64.9 Å². The summed E-state index contributed by atoms with van der Waals surface area (Å²) in [5.41, 5.74) is 2.00. The van der Waals surface area contributed by atoms with Gasteiger partial charge in [0.05, 0.1) is 5.75 Å². The molecule has 1 fully saturated rings. The van der Waals surface area contributed by atoms with Crippen LogP contribution in [0.1, 0.15) is 0 Å². The van der Waals surface area contributed by atoms with E-state index >= 15 is 0 Å². The van der Waals surface area contributed by atoms with Gasteiger partial charge in [-0.25, -0.2) is 15.6 Å². The molecule has 2 atom stereocenters. The number of fused-ring (bicyclic) bond motifs is 1. The molecule has 0 aromatic rings. The number of hydrogen-bond donors (Lipinski definition) is 3. The van der Waals surface area contributed by atoms with Crippen molar-refractivity contribution in [2.45, 2.75) is 12.2 Å². The summed E-state index contributed by atoms with van der Waals surface area (Å²) in [7, 11) is 3.00. The zero-order valence-corrected chi connectivity index (χ0v) is 11.2. The van der Waals surface area contributed by atoms with Gasteiger partial charge in [0.25, 0.3) is 5.91 Å². The fraction of sp³-hybridized carbons (Fsp3) is 0.556. The Kier molecular flexibility index (Phi) is 3.62. The molecule has 1 saturated heterocycles. The third kappa shape index (κ3) is 2.36. The Morgan fingerprint density at radius 1 is 1.53 bits per heavy atom. The Morgan fingerprint density at radius 2 is 2.21 bits per heavy atom. The molecule has 2 aliphatic heterocycles. The predicted molar refractivity (Wildman–Crippen MR) is 68.9 cm³/mol. The molecule has 2 rings (SSSR count). The van der Waals surface area contributed by atoms with E-state index in [2.05, 4.69) is 10.3 Å². The van der Waals surface area contributed by atoms with E-state index < -0.39 is 18.2 Å². The van der Waals surface area contributed by atoms with Gasteiger partial charge >= 0.3 is 6.03 Å². The van der Waals surface area contributed by atoms with E-state index in [0.717, 1.165) is 16.7 Å². The highest BCUT2D eigenvalue weighted by Gasteiger charge is 2.46. The molecular formula is C9H14N6O3S. The number of nitrogens with one attached hydrogen (secondary N) is 2. The molecule has 9 nitrogen and oxygen atoms in total. The van der Waals surface area contributed by atoms with Gasteiger partial charge < -0.3 is 10.2 Å². The van der Waals surface area contributed by atoms with Crippen LogP contribution in [0.25, 0.3) is 0 Å². The number of thioether (sulfide) groups is 1. The van der Waals surface area contributed by atoms with Gasteiger partial charge in [0, 0.05) is 14.1 Å². The number of carbonyl (C=O) groups is 3. The molecule has 104 valence electrons. The number of urea groups is 1. The van der Waals surface area contributed by atoms with Crippen molar-refractivity contribution >= 4 is 34.8 Å². The lowest BCUT2D eigenvalue weighted by atomic mass is 10.1. The summed E-state index contributed by atoms with van der Waals surface area (Å²) in [5.74, 6) is 4.37. The van der Waals surface area contributed by atoms with Crippen LogP contribution in [0.2, 0.25) is 0 Å². The largest absolute Gasteiger partial charge is 0.350 e. The quantitative estimate of drug-likeness (QED) is 0.303. The highest BCUT2D eigenvalue weighted by molar-refractivity contribution is 8.14. The number of aliphatic imine (C=N–C) groups is 1. The van der Waals surface area contributed by atoms with Crippen LogP contribution in [0.3, 0.4) is 0 Å². The molecule has 2 aliphatic rings. The molecule has 19 heavy (non-hydrogen) atoms. The van der Waals surface area contributed by atoms with Crippen LogP contribution in [0.15, 0.2) is 4.99 Å². The van der Waals surface area contributed by atoms with Crippen LogP contribution in [0.5, 0.6) is 0 Å². The Balaban J connectivity index is 2.07. The minimum atomic E-state index is -0.601. The number of amidine groups is 1. The standard InChI is InChI=1S/C9H14N6O3S/c1-14-6-5(7(17)15(2)9(14)18)11-8(12-6)19-3-4(16)13-10/h5-6H,3,10H2,1-2H3,(H,11,12)(H,13,16). The summed E-state index contributed by atoms with van der Waals surface area (Å²) in [6.45, 7) is 0. The van der Waals surface area contributed by atoms with E-state index in [1.165, 1.54) is 11.9 Å². The minimum Gasteiger partial charge on any atom is -0.350 e. The first-order chi connectivity index (χ1) is 8.95. The second-order valence-electron chi connectivity index (χ2n) is 4.12. The molecule has 2 unspecified atom stereocenters. The molecule has 0 saturated carbocycles. The SMILES string of the molecule is CN1C(=O)C2NC(SCC(=O)NN)=NC2N(C)C1=O. The molecule has 0 aromatic carbocycles. The summed E-state index contributed by atoms with van der Waals surface area (Å²) < 4.78 is 0. The van der Waals surface area contributed by atoms with E-state index in [4.69, 9.17) is 5.84 Å². The second-order valence-corrected chi connectivity index (χ2v) is 5.08. The average molecular weight is 286 g/mol. The van der Waals surface area contributed by atoms with Crippen molar-refractivity contribution in [1.82, 2.24) is 20.5 Å². The lowest BCUT2D eigenvalue weighted by Gasteiger charge is -2.36. The van der Waals surface area contributed by atoms with Crippen molar-refractivity contribution in [3.8, 4) is 0 Å². The average Bonchev–Trinajstić information content (AvgIpc) is 2.84. The minimum absolute atomic E-state index is 0.0868. The van der Waals surface area contributed by atoms with Gasteiger partial charge in [0.15, 0.2) is 11.3 Å². The summed E-state index contributed by atoms with van der Waals surface area (Å²) in [5, 5.41) is 3.36. The number of amides is 4. The van der Waals surface area contributed by atoms with E-state index in [1.807, 2.05) is 5.43 Å². The van der Waals surface area contributed by atoms with Crippen LogP contribution in [0.4, 0.5) is 4.79 Å². The number of nitrogens with zero attached hydrogens (tertiary/aromatic N) is 3. The Hall–Kier alpha value is -1.81. The van der Waals surface area contributed by atoms with Gasteiger partial charge in [-0.3, -0.25) is 19.9 Å². The maximum Gasteiger partial charge on any atom is 0.328 e. The Morgan fingerprint density at radius 3 is 2.84 bits per heavy atom. The fourth-order valence-corrected chi connectivity index (χ4v) is 2.59. The van der Waals surface area contributed by atoms with Gasteiger partial charge in [0.1, 0.15) is 6.04 Å². The molecule has 0 aromatic heterocycles. The monoisotopic (exact) mass is 286 g/mol. The van der Waals surface area contributed by atoms with E-state index in [0.29, 0.717) is 5.17 Å². The number of hydrogen-bond acceptors (Lipinski definition) is 7. The Labute approximate surface area is 113 Å². The maximum atomic E-state index is 11.9. The summed E-state index contributed by atoms with van der Waals surface area (Å²) in [6.07, 6.45) is -0.570. The van der Waals surface area contributed by atoms with Crippen molar-refractivity contribution in [3.05, 3.63) is 0 Å². The molecule has 10 heteroatoms. The molecule has 2 heterocycles. The normalized spacial score (nSPS) is 25.9. The molecule has 4 amide bonds. The highest BCUT2D eigenvalue weighted by Crippen LogP contribution is 2.23. The van der Waals surface area contributed by atoms with E-state index in [1.54, 1.807) is 7.05 Å². The number of imide groups is 1. The smallest absolute Gasteiger partial charge is 0.328 e. The maximum absolute atomic E-state index is 11.9. The molecular weight excluding hydrogens is 272 g/mol. The molecule has 4 N–H and O–H groups in total. The summed E-state index contributed by atoms with van der Waals surface area (Å²) >= 11 is 1.13. The lowest BCUT2D eigenvalue weighted by Crippen LogP contribution is -2.63. The highest BCUT2D eigenvalue weighted by atomic mass is 32.2. The predicted octanol–water partition coefficient (Wildman–Crippen LogP) is -2.11. The lowest BCUT2D eigenvalue weighted by molar-refractivity contribution is -0.133. The van der Waals surface area contributed by atoms with Crippen molar-refractivity contribution in [3.63, 3.8) is 0 Å². The molecule has 0 spiro atoms. The Bertz CT molecular complexity index is 467. The number of nitrogens with two attached hydrogens (primary N) is 1. The van der Waals surface area contributed by atoms with Gasteiger partial charge in [-0.2, -0.15) is 0 Å². The van der Waals surface area contributed by atoms with Crippen LogP contribution < -0.4 is 16.6 Å². The van der Waals surface area contributed by atoms with Crippen molar-refractivity contribution in [2.24, 2.45) is 10.8 Å². The molecule has 0 aliphatic carbocycles. The summed E-state index contributed by atoms with van der Waals surface area (Å²) in [6, 6.07) is -1.00. The van der Waals surface area contributed by atoms with E-state index in [9.17, 15) is 14.4 Å². The van der Waals surface area contributed by atoms with E-state index in [-0.39, 0.29) is 17.6 Å². The van der Waals surface area contributed by atoms with Crippen LogP contribution >= 0.6 is 11.8 Å². The first-order valence-corrected chi connectivity index (χ1v) is 6.45. The first-order valence-electron chi connectivity index (χ1n) is 5.46. The first kappa shape index (κ1) is 13.6. The number of carbonyl (C=O) groups excluding carboxylic acids is 3. The molecule has 0 radical (unpaired) electrons. The van der Waals surface area contributed by atoms with Crippen LogP contribution in [-0.2, 0) is 9.59 Å². The van der Waals surface area contributed by atoms with Gasteiger partial charge in [-0.15, -0.1) is 0 Å². The van der Waals surface area contributed by atoms with Crippen molar-refractivity contribution < 1.29 is 14.4 Å². The van der Waals surface area contributed by atoms with Gasteiger partial charge in [-0.05, 0) is 0 Å². The third-order valence-electron chi connectivity index (χ3n) is 2.91. The van der Waals surface area contributed by atoms with Crippen LogP contribution in [0, 0.1) is 0 Å². The van der Waals surface area contributed by atoms with Gasteiger partial charge in [-0.1, -0.05) is 11.8 Å². The number of likely N-dealkylation sites (N-methyl/N-ethyl adjacent to an activating group) is 2. The zero-order chi connectivity index (χ0) is 14.2. The fourth-order valence-electron chi connectivity index (χ4n) is 1.85. The number of rotatable bonds is 2. The molecule has 0 bridgehead atoms. The number of hydrazine groups is 1. The van der Waals surface area contributed by atoms with Crippen molar-refractivity contribution in [2.75, 3.05) is 19.8 Å². The topological polar surface area (TPSA) is 120 Å². The van der Waals surface area contributed by atoms with Crippen molar-refractivity contribution in [1.29, 1.82) is 0 Å². The zero-order valence-electron chi connectivity index (χ0n) is 10.4. The third-order valence-corrected chi connectivity index (χ3v) is 3.81. The second kappa shape index (κ2) is 5.05. The summed E-state index contributed by atoms with van der Waals surface area (Å²) in [4.78, 5) is 41.4.